The molecule has 0 aromatic heterocycles. The minimum Gasteiger partial charge on any atom is -0.359 e. The number of hydrogen-bond acceptors (Lipinski definition) is 3. The van der Waals surface area contributed by atoms with Gasteiger partial charge in [0.05, 0.1) is 6.10 Å². The van der Waals surface area contributed by atoms with E-state index in [1.54, 1.807) is 0 Å². The first-order chi connectivity index (χ1) is 15.5. The van der Waals surface area contributed by atoms with Crippen LogP contribution in [0.3, 0.4) is 0 Å². The fourth-order valence-corrected chi connectivity index (χ4v) is 6.54. The van der Waals surface area contributed by atoms with Crippen LogP contribution >= 0.6 is 23.3 Å². The minimum absolute atomic E-state index is 0.128. The molecule has 5 atom stereocenters. The second-order valence-corrected chi connectivity index (χ2v) is 10.7. The van der Waals surface area contributed by atoms with Gasteiger partial charge in [0, 0.05) is 0 Å². The van der Waals surface area contributed by atoms with E-state index in [0.717, 1.165) is 62.7 Å². The van der Waals surface area contributed by atoms with Crippen LogP contribution in [-0.4, -0.2) is 24.6 Å². The number of unbranched alkanes of at least 4 members (excludes halogenated alkanes) is 2. The number of halogens is 2. The maximum Gasteiger partial charge on any atom is 0.157 e. The molecule has 0 aromatic carbocycles. The van der Waals surface area contributed by atoms with Gasteiger partial charge in [-0.3, -0.25) is 0 Å². The lowest BCUT2D eigenvalue weighted by molar-refractivity contribution is -0.103. The summed E-state index contributed by atoms with van der Waals surface area (Å²) in [5, 5.41) is 0. The summed E-state index contributed by atoms with van der Waals surface area (Å²) in [6.45, 7) is 4.51. The summed E-state index contributed by atoms with van der Waals surface area (Å²) in [5.41, 5.74) is 0. The molecule has 0 aliphatic heterocycles. The van der Waals surface area contributed by atoms with Gasteiger partial charge >= 0.3 is 0 Å². The number of hydrogen-bond donors (Lipinski definition) is 2. The summed E-state index contributed by atoms with van der Waals surface area (Å²) < 4.78 is 36.0. The van der Waals surface area contributed by atoms with E-state index in [9.17, 15) is 4.39 Å². The van der Waals surface area contributed by atoms with Gasteiger partial charge in [0.15, 0.2) is 6.17 Å². The van der Waals surface area contributed by atoms with Crippen LogP contribution in [0, 0.1) is 41.9 Å². The molecule has 0 saturated heterocycles. The van der Waals surface area contributed by atoms with E-state index < -0.39 is 18.4 Å². The average Bonchev–Trinajstić information content (AvgIpc) is 2.83. The Morgan fingerprint density at radius 2 is 1.41 bits per heavy atom. The minimum atomic E-state index is -1.52. The number of thiol groups is 2. The molecular weight excluding hydrogens is 442 g/mol. The van der Waals surface area contributed by atoms with Crippen LogP contribution in [0.1, 0.15) is 104 Å². The third kappa shape index (κ3) is 8.09. The molecule has 3 aliphatic carbocycles. The van der Waals surface area contributed by atoms with Gasteiger partial charge in [-0.15, -0.1) is 29.7 Å². The predicted molar refractivity (Wildman–Crippen MR) is 139 cm³/mol. The Labute approximate surface area is 206 Å². The zero-order valence-electron chi connectivity index (χ0n) is 20.2. The van der Waals surface area contributed by atoms with Crippen LogP contribution < -0.4 is 0 Å². The third-order valence-electron chi connectivity index (χ3n) is 8.60. The first kappa shape index (κ1) is 28.3. The van der Waals surface area contributed by atoms with Gasteiger partial charge in [-0.05, 0) is 93.8 Å². The van der Waals surface area contributed by atoms with E-state index in [0.29, 0.717) is 12.3 Å². The summed E-state index contributed by atoms with van der Waals surface area (Å²) in [5.74, 6) is 5.47. The zero-order valence-corrected chi connectivity index (χ0v) is 22.0. The molecule has 186 valence electrons. The summed E-state index contributed by atoms with van der Waals surface area (Å²) >= 11 is 6.44. The number of ether oxygens (including phenoxy) is 1. The SMILES string of the molecule is C#CC(CCCCC)OC1CCC(C2CCC(C3CCC(C)CC3)CC2)C(F)C1F.SS. The fourth-order valence-electron chi connectivity index (χ4n) is 6.54. The van der Waals surface area contributed by atoms with Crippen molar-refractivity contribution >= 4 is 23.3 Å². The highest BCUT2D eigenvalue weighted by atomic mass is 33.1. The molecule has 0 amide bonds. The van der Waals surface area contributed by atoms with Crippen molar-refractivity contribution in [2.45, 2.75) is 128 Å². The second kappa shape index (κ2) is 15.2. The molecule has 3 saturated carbocycles. The Morgan fingerprint density at radius 1 is 0.844 bits per heavy atom. The molecule has 5 unspecified atom stereocenters. The highest BCUT2D eigenvalue weighted by Gasteiger charge is 2.45. The lowest BCUT2D eigenvalue weighted by atomic mass is 9.65. The summed E-state index contributed by atoms with van der Waals surface area (Å²) in [6.07, 6.45) is 17.1. The molecule has 0 spiro atoms. The van der Waals surface area contributed by atoms with E-state index in [-0.39, 0.29) is 12.0 Å². The normalized spacial score (nSPS) is 38.8. The van der Waals surface area contributed by atoms with Gasteiger partial charge in [0.2, 0.25) is 0 Å². The number of rotatable bonds is 8. The Hall–Kier alpha value is 0.0800. The van der Waals surface area contributed by atoms with Crippen LogP contribution in [0.4, 0.5) is 8.78 Å². The summed E-state index contributed by atoms with van der Waals surface area (Å²) in [6, 6.07) is 0. The average molecular weight is 489 g/mol. The van der Waals surface area contributed by atoms with Gasteiger partial charge < -0.3 is 4.74 Å². The molecule has 0 N–H and O–H groups in total. The molecule has 5 heteroatoms. The van der Waals surface area contributed by atoms with E-state index >= 15 is 4.39 Å². The van der Waals surface area contributed by atoms with E-state index in [4.69, 9.17) is 11.2 Å². The lowest BCUT2D eigenvalue weighted by Crippen LogP contribution is -2.47. The second-order valence-electron chi connectivity index (χ2n) is 10.7. The molecule has 0 radical (unpaired) electrons. The van der Waals surface area contributed by atoms with Gasteiger partial charge in [0.1, 0.15) is 12.3 Å². The van der Waals surface area contributed by atoms with Crippen molar-refractivity contribution in [2.75, 3.05) is 0 Å². The smallest absolute Gasteiger partial charge is 0.157 e. The molecular formula is C27H46F2OS2. The zero-order chi connectivity index (χ0) is 23.5. The Bertz CT molecular complexity index is 538. The summed E-state index contributed by atoms with van der Waals surface area (Å²) in [7, 11) is 0. The van der Waals surface area contributed by atoms with Crippen molar-refractivity contribution in [2.24, 2.45) is 29.6 Å². The quantitative estimate of drug-likeness (QED) is 0.151. The largest absolute Gasteiger partial charge is 0.359 e. The molecule has 1 nitrogen and oxygen atoms in total. The lowest BCUT2D eigenvalue weighted by Gasteiger charge is -2.43. The Kier molecular flexibility index (Phi) is 13.4. The fraction of sp³-hybridized carbons (Fsp3) is 0.926. The van der Waals surface area contributed by atoms with Crippen LogP contribution in [-0.2, 0) is 4.74 Å². The maximum atomic E-state index is 15.1. The van der Waals surface area contributed by atoms with Crippen LogP contribution in [0.2, 0.25) is 0 Å². The molecule has 0 aromatic rings. The predicted octanol–water partition coefficient (Wildman–Crippen LogP) is 8.43. The van der Waals surface area contributed by atoms with Crippen LogP contribution in [0.25, 0.3) is 0 Å². The summed E-state index contributed by atoms with van der Waals surface area (Å²) in [4.78, 5) is 0. The van der Waals surface area contributed by atoms with E-state index in [1.807, 2.05) is 0 Å². The molecule has 3 fully saturated rings. The number of terminal acetylenes is 1. The Morgan fingerprint density at radius 3 is 1.97 bits per heavy atom. The first-order valence-electron chi connectivity index (χ1n) is 13.1. The maximum absolute atomic E-state index is 15.1. The molecule has 32 heavy (non-hydrogen) atoms. The van der Waals surface area contributed by atoms with Gasteiger partial charge in [-0.1, -0.05) is 45.5 Å². The number of alkyl halides is 2. The van der Waals surface area contributed by atoms with Crippen molar-refractivity contribution < 1.29 is 13.5 Å². The highest BCUT2D eigenvalue weighted by Crippen LogP contribution is 2.46. The van der Waals surface area contributed by atoms with Gasteiger partial charge in [-0.2, -0.15) is 0 Å². The Balaban J connectivity index is 0.00000176. The topological polar surface area (TPSA) is 9.23 Å². The van der Waals surface area contributed by atoms with Crippen molar-refractivity contribution in [3.05, 3.63) is 0 Å². The molecule has 0 bridgehead atoms. The van der Waals surface area contributed by atoms with Crippen molar-refractivity contribution in [3.63, 3.8) is 0 Å². The van der Waals surface area contributed by atoms with Crippen molar-refractivity contribution in [3.8, 4) is 12.3 Å². The highest BCUT2D eigenvalue weighted by molar-refractivity contribution is 8.59. The molecule has 0 heterocycles. The van der Waals surface area contributed by atoms with Gasteiger partial charge in [0.25, 0.3) is 0 Å². The van der Waals surface area contributed by atoms with Crippen LogP contribution in [0.5, 0.6) is 0 Å². The molecule has 3 rings (SSSR count). The third-order valence-corrected chi connectivity index (χ3v) is 8.60. The molecule has 3 aliphatic rings. The van der Waals surface area contributed by atoms with E-state index in [1.165, 1.54) is 38.5 Å². The van der Waals surface area contributed by atoms with Crippen LogP contribution in [0.15, 0.2) is 0 Å². The monoisotopic (exact) mass is 488 g/mol. The van der Waals surface area contributed by atoms with Crippen molar-refractivity contribution in [1.82, 2.24) is 0 Å². The standard InChI is InChI=1S/C27H44F2O.H2S2/c1-4-6-7-8-23(5-2)30-25-18-17-24(26(28)27(25)29)22-15-13-21(14-16-22)20-11-9-19(3)10-12-20;1-2/h2,19-27H,4,6-18H2,1,3H3;1-2H. The first-order valence-corrected chi connectivity index (χ1v) is 14.7. The van der Waals surface area contributed by atoms with Crippen molar-refractivity contribution in [1.29, 1.82) is 0 Å². The van der Waals surface area contributed by atoms with E-state index in [2.05, 4.69) is 43.1 Å². The van der Waals surface area contributed by atoms with Gasteiger partial charge in [-0.25, -0.2) is 8.78 Å².